The first kappa shape index (κ1) is 32.6. The van der Waals surface area contributed by atoms with Crippen LogP contribution in [0.4, 0.5) is 4.79 Å². The summed E-state index contributed by atoms with van der Waals surface area (Å²) in [5.41, 5.74) is -2.91. The number of aromatic hydroxyl groups is 4. The van der Waals surface area contributed by atoms with E-state index in [0.717, 1.165) is 6.07 Å². The van der Waals surface area contributed by atoms with Gasteiger partial charge in [0, 0.05) is 11.6 Å². The predicted molar refractivity (Wildman–Crippen MR) is 87.6 cm³/mol. The van der Waals surface area contributed by atoms with Crippen LogP contribution in [0.25, 0.3) is 22.3 Å². The Hall–Kier alpha value is -0.530. The van der Waals surface area contributed by atoms with Gasteiger partial charge in [-0.05, 0) is 37.9 Å². The second-order valence-corrected chi connectivity index (χ2v) is 6.62. The Labute approximate surface area is 240 Å². The van der Waals surface area contributed by atoms with Gasteiger partial charge >= 0.3 is 88.7 Å². The monoisotopic (exact) mass is 478 g/mol. The second-order valence-electron chi connectivity index (χ2n) is 5.26. The molecule has 0 saturated heterocycles. The van der Waals surface area contributed by atoms with E-state index in [2.05, 4.69) is 0 Å². The fourth-order valence-electron chi connectivity index (χ4n) is 2.03. The molecule has 0 unspecified atom stereocenters. The van der Waals surface area contributed by atoms with Crippen LogP contribution in [0.15, 0.2) is 45.6 Å². The number of benzene rings is 2. The van der Waals surface area contributed by atoms with Gasteiger partial charge in [-0.2, -0.15) is 0 Å². The van der Waals surface area contributed by atoms with Gasteiger partial charge in [-0.25, -0.2) is 0 Å². The van der Waals surface area contributed by atoms with Crippen LogP contribution in [0.2, 0.25) is 0 Å². The quantitative estimate of drug-likeness (QED) is 0.154. The molecule has 0 fully saturated rings. The first-order valence-electron chi connectivity index (χ1n) is 7.16. The van der Waals surface area contributed by atoms with E-state index in [0.29, 0.717) is 0 Å². The third-order valence-electron chi connectivity index (χ3n) is 3.31. The van der Waals surface area contributed by atoms with Crippen LogP contribution < -0.4 is 109 Å². The summed E-state index contributed by atoms with van der Waals surface area (Å²) in [6.45, 7) is 0. The van der Waals surface area contributed by atoms with Gasteiger partial charge in [0.05, 0.1) is 11.1 Å². The summed E-state index contributed by atoms with van der Waals surface area (Å²) in [7, 11) is -5.43. The van der Waals surface area contributed by atoms with Gasteiger partial charge in [-0.3, -0.25) is 4.79 Å². The number of hydrogen-bond donors (Lipinski definition) is 4. The Bertz CT molecular complexity index is 1170. The number of carboxylic acid groups (broad SMARTS) is 1. The Morgan fingerprint density at radius 1 is 0.903 bits per heavy atom. The molecule has 0 spiro atoms. The number of phenols is 3. The van der Waals surface area contributed by atoms with E-state index >= 15 is 0 Å². The Balaban J connectivity index is 0. The molecule has 0 aliphatic heterocycles. The maximum Gasteiger partial charge on any atom is 1.00 e. The van der Waals surface area contributed by atoms with E-state index in [1.165, 1.54) is 30.3 Å². The van der Waals surface area contributed by atoms with Gasteiger partial charge in [0.2, 0.25) is 11.2 Å². The molecule has 11 nitrogen and oxygen atoms in total. The maximum atomic E-state index is 12.1. The number of rotatable bonds is 2. The summed E-state index contributed by atoms with van der Waals surface area (Å²) in [5.74, 6) is -1.60. The standard InChI is InChI=1S/C15H10O6.CH3O5P.3Na/c16-8-2-3-9-12(6-8)21-15(14(20)13(9)19)7-1-4-10(17)11(18)5-7;2-1(3)7(4,5)6;;;/h1-6,16-18,20H;(H,2,3)(H2,4,5,6);;;/q;;3*+1/p-3. The average Bonchev–Trinajstić information content (AvgIpc) is 2.60. The van der Waals surface area contributed by atoms with Crippen molar-refractivity contribution in [3.05, 3.63) is 46.6 Å². The SMILES string of the molecule is O=C([O-])P(=O)([O-])[O-].O=c1c(O)c(-c2ccc(O)c(O)c2)oc2cc(O)ccc12.[Na+].[Na+].[Na+]. The molecule has 0 atom stereocenters. The first-order chi connectivity index (χ1) is 12.9. The van der Waals surface area contributed by atoms with Crippen LogP contribution in [-0.2, 0) is 4.57 Å². The molecule has 0 aliphatic carbocycles. The third kappa shape index (κ3) is 8.39. The molecule has 0 aliphatic rings. The molecule has 3 rings (SSSR count). The molecule has 2 aromatic carbocycles. The Morgan fingerprint density at radius 2 is 1.45 bits per heavy atom. The first-order valence-corrected chi connectivity index (χ1v) is 8.71. The summed E-state index contributed by atoms with van der Waals surface area (Å²) in [6.07, 6.45) is 0. The maximum absolute atomic E-state index is 12.1. The van der Waals surface area contributed by atoms with E-state index in [-0.39, 0.29) is 122 Å². The van der Waals surface area contributed by atoms with Crippen LogP contribution in [0.3, 0.4) is 0 Å². The van der Waals surface area contributed by atoms with Gasteiger partial charge in [0.15, 0.2) is 17.3 Å². The van der Waals surface area contributed by atoms with Gasteiger partial charge < -0.3 is 49.1 Å². The molecule has 0 saturated carbocycles. The third-order valence-corrected chi connectivity index (χ3v) is 3.76. The van der Waals surface area contributed by atoms with Crippen molar-refractivity contribution >= 4 is 24.3 Å². The molecule has 3 aromatic rings. The fraction of sp³-hybridized carbons (Fsp3) is 0. The second kappa shape index (κ2) is 13.2. The number of phenolic OH excluding ortho intramolecular Hbond substituents is 3. The largest absolute Gasteiger partial charge is 1.00 e. The molecule has 148 valence electrons. The molecule has 0 radical (unpaired) electrons. The molecule has 0 amide bonds. The molecular weight excluding hydrogens is 468 g/mol. The molecule has 1 aromatic heterocycles. The smallest absolute Gasteiger partial charge is 0.807 e. The minimum Gasteiger partial charge on any atom is -0.807 e. The van der Waals surface area contributed by atoms with Crippen molar-refractivity contribution in [2.75, 3.05) is 0 Å². The minimum atomic E-state index is -5.43. The topological polar surface area (TPSA) is 214 Å². The van der Waals surface area contributed by atoms with Crippen molar-refractivity contribution in [1.29, 1.82) is 0 Å². The predicted octanol–water partition coefficient (Wildman–Crippen LogP) is -9.46. The van der Waals surface area contributed by atoms with Crippen molar-refractivity contribution in [2.24, 2.45) is 0 Å². The molecular formula is C16H10Na3O11P. The molecule has 1 heterocycles. The van der Waals surface area contributed by atoms with E-state index in [1.54, 1.807) is 0 Å². The van der Waals surface area contributed by atoms with Crippen molar-refractivity contribution in [3.63, 3.8) is 0 Å². The van der Waals surface area contributed by atoms with Gasteiger partial charge in [-0.1, -0.05) is 0 Å². The number of fused-ring (bicyclic) bond motifs is 1. The number of carbonyl (C=O) groups excluding carboxylic acids is 1. The Kier molecular flexibility index (Phi) is 13.9. The van der Waals surface area contributed by atoms with E-state index in [4.69, 9.17) is 28.7 Å². The van der Waals surface area contributed by atoms with Crippen LogP contribution in [0.5, 0.6) is 23.0 Å². The molecule has 4 N–H and O–H groups in total. The molecule has 31 heavy (non-hydrogen) atoms. The van der Waals surface area contributed by atoms with Gasteiger partial charge in [0.1, 0.15) is 11.3 Å². The summed E-state index contributed by atoms with van der Waals surface area (Å²) >= 11 is 0. The number of hydrogen-bond acceptors (Lipinski definition) is 11. The zero-order valence-electron chi connectivity index (χ0n) is 16.6. The van der Waals surface area contributed by atoms with Crippen LogP contribution in [0.1, 0.15) is 0 Å². The fourth-order valence-corrected chi connectivity index (χ4v) is 2.03. The van der Waals surface area contributed by atoms with Crippen LogP contribution in [-0.4, -0.2) is 26.1 Å². The van der Waals surface area contributed by atoms with Crippen LogP contribution in [0, 0.1) is 0 Å². The van der Waals surface area contributed by atoms with Crippen molar-refractivity contribution in [3.8, 4) is 34.3 Å². The van der Waals surface area contributed by atoms with Gasteiger partial charge in [0.25, 0.3) is 0 Å². The number of carbonyl (C=O) groups is 1. The van der Waals surface area contributed by atoms with Gasteiger partial charge in [-0.15, -0.1) is 0 Å². The summed E-state index contributed by atoms with van der Waals surface area (Å²) < 4.78 is 14.6. The molecule has 15 heteroatoms. The van der Waals surface area contributed by atoms with E-state index < -0.39 is 30.2 Å². The zero-order chi connectivity index (χ0) is 21.2. The zero-order valence-corrected chi connectivity index (χ0v) is 23.5. The summed E-state index contributed by atoms with van der Waals surface area (Å²) in [5, 5.41) is 47.3. The van der Waals surface area contributed by atoms with Crippen LogP contribution >= 0.6 is 7.60 Å². The normalized spacial score (nSPS) is 9.87. The van der Waals surface area contributed by atoms with E-state index in [1.807, 2.05) is 0 Å². The summed E-state index contributed by atoms with van der Waals surface area (Å²) in [6, 6.07) is 7.64. The van der Waals surface area contributed by atoms with Crippen molar-refractivity contribution in [2.45, 2.75) is 0 Å². The Morgan fingerprint density at radius 3 is 1.94 bits per heavy atom. The minimum absolute atomic E-state index is 0. The van der Waals surface area contributed by atoms with Crippen molar-refractivity contribution in [1.82, 2.24) is 0 Å². The average molecular weight is 478 g/mol. The molecule has 0 bridgehead atoms. The van der Waals surface area contributed by atoms with Crippen molar-refractivity contribution < 1.29 is 138 Å². The summed E-state index contributed by atoms with van der Waals surface area (Å²) in [4.78, 5) is 39.4. The van der Waals surface area contributed by atoms with E-state index in [9.17, 15) is 25.2 Å².